The highest BCUT2D eigenvalue weighted by Crippen LogP contribution is 2.27. The second kappa shape index (κ2) is 7.99. The third-order valence-corrected chi connectivity index (χ3v) is 5.27. The maximum atomic E-state index is 13.0. The third-order valence-electron chi connectivity index (χ3n) is 5.27. The normalized spacial score (nSPS) is 13.7. The van der Waals surface area contributed by atoms with Crippen molar-refractivity contribution >= 4 is 22.7 Å². The van der Waals surface area contributed by atoms with E-state index in [4.69, 9.17) is 14.1 Å². The van der Waals surface area contributed by atoms with E-state index in [1.54, 1.807) is 6.20 Å². The molecule has 0 aliphatic carbocycles. The molecule has 3 heterocycles. The summed E-state index contributed by atoms with van der Waals surface area (Å²) >= 11 is 0. The van der Waals surface area contributed by atoms with Gasteiger partial charge >= 0.3 is 5.97 Å². The molecular formula is C24H21N3O3. The summed E-state index contributed by atoms with van der Waals surface area (Å²) in [5.41, 5.74) is 2.28. The molecule has 0 spiro atoms. The van der Waals surface area contributed by atoms with Gasteiger partial charge in [-0.15, -0.1) is 0 Å². The van der Waals surface area contributed by atoms with E-state index in [-0.39, 0.29) is 6.61 Å². The van der Waals surface area contributed by atoms with Gasteiger partial charge in [0.2, 0.25) is 5.89 Å². The molecule has 0 N–H and O–H groups in total. The van der Waals surface area contributed by atoms with Gasteiger partial charge in [0.15, 0.2) is 12.4 Å². The summed E-state index contributed by atoms with van der Waals surface area (Å²) in [6.07, 6.45) is 3.84. The quantitative estimate of drug-likeness (QED) is 0.447. The molecule has 1 fully saturated rings. The SMILES string of the molecule is O=C(OCc1ncc(-c2ccccc2)o1)c1cc2ccccc2nc1N1CCCC1. The summed E-state index contributed by atoms with van der Waals surface area (Å²) in [4.78, 5) is 24.1. The van der Waals surface area contributed by atoms with Gasteiger partial charge in [-0.3, -0.25) is 0 Å². The lowest BCUT2D eigenvalue weighted by molar-refractivity contribution is 0.0439. The lowest BCUT2D eigenvalue weighted by Crippen LogP contribution is -2.23. The number of ether oxygens (including phenoxy) is 1. The van der Waals surface area contributed by atoms with E-state index in [0.29, 0.717) is 23.0 Å². The van der Waals surface area contributed by atoms with Crippen molar-refractivity contribution in [1.29, 1.82) is 0 Å². The second-order valence-electron chi connectivity index (χ2n) is 7.31. The van der Waals surface area contributed by atoms with Crippen molar-refractivity contribution in [3.05, 3.63) is 78.3 Å². The van der Waals surface area contributed by atoms with Crippen LogP contribution in [0.2, 0.25) is 0 Å². The van der Waals surface area contributed by atoms with Crippen LogP contribution in [0, 0.1) is 0 Å². The zero-order chi connectivity index (χ0) is 20.3. The largest absolute Gasteiger partial charge is 0.452 e. The number of fused-ring (bicyclic) bond motifs is 1. The number of carbonyl (C=O) groups is 1. The van der Waals surface area contributed by atoms with Gasteiger partial charge in [0, 0.05) is 24.0 Å². The van der Waals surface area contributed by atoms with Crippen LogP contribution in [0.4, 0.5) is 5.82 Å². The Hall–Kier alpha value is -3.67. The van der Waals surface area contributed by atoms with Crippen molar-refractivity contribution in [2.75, 3.05) is 18.0 Å². The van der Waals surface area contributed by atoms with Crippen LogP contribution in [0.5, 0.6) is 0 Å². The number of anilines is 1. The Kier molecular flexibility index (Phi) is 4.89. The van der Waals surface area contributed by atoms with Gasteiger partial charge in [-0.2, -0.15) is 0 Å². The number of pyridine rings is 1. The number of carbonyl (C=O) groups excluding carboxylic acids is 1. The van der Waals surface area contributed by atoms with E-state index < -0.39 is 5.97 Å². The number of rotatable bonds is 5. The minimum atomic E-state index is -0.422. The first kappa shape index (κ1) is 18.4. The summed E-state index contributed by atoms with van der Waals surface area (Å²) in [5, 5.41) is 0.912. The molecule has 4 aromatic rings. The highest BCUT2D eigenvalue weighted by molar-refractivity contribution is 5.99. The van der Waals surface area contributed by atoms with Crippen LogP contribution in [-0.2, 0) is 11.3 Å². The summed E-state index contributed by atoms with van der Waals surface area (Å²) in [6.45, 7) is 1.76. The molecule has 1 aliphatic heterocycles. The Bertz CT molecular complexity index is 1180. The molecule has 5 rings (SSSR count). The third kappa shape index (κ3) is 3.64. The zero-order valence-electron chi connectivity index (χ0n) is 16.5. The van der Waals surface area contributed by atoms with E-state index in [9.17, 15) is 4.79 Å². The molecule has 0 amide bonds. The molecule has 0 unspecified atom stereocenters. The summed E-state index contributed by atoms with van der Waals surface area (Å²) in [7, 11) is 0. The van der Waals surface area contributed by atoms with E-state index in [1.807, 2.05) is 60.7 Å². The Labute approximate surface area is 174 Å². The van der Waals surface area contributed by atoms with Crippen LogP contribution in [-0.4, -0.2) is 29.0 Å². The summed E-state index contributed by atoms with van der Waals surface area (Å²) in [5.74, 6) is 1.27. The van der Waals surface area contributed by atoms with Gasteiger partial charge in [0.05, 0.1) is 11.7 Å². The lowest BCUT2D eigenvalue weighted by Gasteiger charge is -2.20. The zero-order valence-corrected chi connectivity index (χ0v) is 16.5. The average molecular weight is 399 g/mol. The number of nitrogens with zero attached hydrogens (tertiary/aromatic N) is 3. The predicted octanol–water partition coefficient (Wildman–Crippen LogP) is 4.85. The van der Waals surface area contributed by atoms with E-state index in [1.165, 1.54) is 0 Å². The Morgan fingerprint density at radius 3 is 2.63 bits per heavy atom. The molecule has 0 atom stereocenters. The minimum Gasteiger partial charge on any atom is -0.452 e. The van der Waals surface area contributed by atoms with E-state index >= 15 is 0 Å². The Balaban J connectivity index is 1.38. The number of benzene rings is 2. The molecule has 150 valence electrons. The molecule has 0 bridgehead atoms. The molecule has 0 radical (unpaired) electrons. The van der Waals surface area contributed by atoms with Crippen LogP contribution in [0.3, 0.4) is 0 Å². The van der Waals surface area contributed by atoms with Crippen LogP contribution in [0.15, 0.2) is 71.3 Å². The van der Waals surface area contributed by atoms with Gasteiger partial charge in [0.25, 0.3) is 0 Å². The number of hydrogen-bond acceptors (Lipinski definition) is 6. The fourth-order valence-electron chi connectivity index (χ4n) is 3.74. The molecule has 2 aromatic carbocycles. The molecule has 30 heavy (non-hydrogen) atoms. The molecule has 6 heteroatoms. The molecule has 1 saturated heterocycles. The van der Waals surface area contributed by atoms with Gasteiger partial charge in [-0.1, -0.05) is 48.5 Å². The van der Waals surface area contributed by atoms with Crippen molar-refractivity contribution in [1.82, 2.24) is 9.97 Å². The highest BCUT2D eigenvalue weighted by Gasteiger charge is 2.23. The van der Waals surface area contributed by atoms with Crippen molar-refractivity contribution in [3.63, 3.8) is 0 Å². The molecule has 2 aromatic heterocycles. The van der Waals surface area contributed by atoms with Crippen LogP contribution in [0.25, 0.3) is 22.2 Å². The predicted molar refractivity (Wildman–Crippen MR) is 114 cm³/mol. The molecule has 6 nitrogen and oxygen atoms in total. The van der Waals surface area contributed by atoms with Gasteiger partial charge < -0.3 is 14.1 Å². The number of oxazole rings is 1. The smallest absolute Gasteiger partial charge is 0.342 e. The molecule has 1 aliphatic rings. The van der Waals surface area contributed by atoms with Crippen molar-refractivity contribution < 1.29 is 13.9 Å². The van der Waals surface area contributed by atoms with Gasteiger partial charge in [-0.25, -0.2) is 14.8 Å². The Morgan fingerprint density at radius 1 is 1.03 bits per heavy atom. The molecular weight excluding hydrogens is 378 g/mol. The first-order valence-corrected chi connectivity index (χ1v) is 10.1. The van der Waals surface area contributed by atoms with Gasteiger partial charge in [-0.05, 0) is 25.0 Å². The van der Waals surface area contributed by atoms with Crippen molar-refractivity contribution in [3.8, 4) is 11.3 Å². The number of hydrogen-bond donors (Lipinski definition) is 0. The van der Waals surface area contributed by atoms with Crippen molar-refractivity contribution in [2.24, 2.45) is 0 Å². The summed E-state index contributed by atoms with van der Waals surface area (Å²) < 4.78 is 11.3. The first-order valence-electron chi connectivity index (χ1n) is 10.1. The van der Waals surface area contributed by atoms with E-state index in [2.05, 4.69) is 9.88 Å². The van der Waals surface area contributed by atoms with Crippen LogP contribution < -0.4 is 4.90 Å². The van der Waals surface area contributed by atoms with Crippen molar-refractivity contribution in [2.45, 2.75) is 19.4 Å². The topological polar surface area (TPSA) is 68.5 Å². The average Bonchev–Trinajstić information content (AvgIpc) is 3.49. The number of esters is 1. The summed E-state index contributed by atoms with van der Waals surface area (Å²) in [6, 6.07) is 19.4. The monoisotopic (exact) mass is 399 g/mol. The standard InChI is InChI=1S/C24H21N3O3/c28-24(29-16-22-25-15-21(30-22)17-8-2-1-3-9-17)19-14-18-10-4-5-11-20(18)26-23(19)27-12-6-7-13-27/h1-5,8-11,14-15H,6-7,12-13,16H2. The maximum absolute atomic E-state index is 13.0. The second-order valence-corrected chi connectivity index (χ2v) is 7.31. The lowest BCUT2D eigenvalue weighted by atomic mass is 10.1. The number of aromatic nitrogens is 2. The minimum absolute atomic E-state index is 0.0298. The fourth-order valence-corrected chi connectivity index (χ4v) is 3.74. The Morgan fingerprint density at radius 2 is 1.80 bits per heavy atom. The van der Waals surface area contributed by atoms with Gasteiger partial charge in [0.1, 0.15) is 11.4 Å². The van der Waals surface area contributed by atoms with E-state index in [0.717, 1.165) is 42.4 Å². The van der Waals surface area contributed by atoms with Crippen LogP contribution >= 0.6 is 0 Å². The highest BCUT2D eigenvalue weighted by atomic mass is 16.5. The first-order chi connectivity index (χ1) is 14.8. The van der Waals surface area contributed by atoms with Crippen LogP contribution in [0.1, 0.15) is 29.1 Å². The fraction of sp³-hybridized carbons (Fsp3) is 0.208. The maximum Gasteiger partial charge on any atom is 0.342 e. The molecule has 0 saturated carbocycles. The number of para-hydroxylation sites is 1.